The van der Waals surface area contributed by atoms with Gasteiger partial charge < -0.3 is 16.4 Å². The van der Waals surface area contributed by atoms with E-state index < -0.39 is 5.91 Å². The number of hydrogen-bond donors (Lipinski definition) is 3. The van der Waals surface area contributed by atoms with E-state index in [0.717, 1.165) is 16.7 Å². The molecule has 0 unspecified atom stereocenters. The lowest BCUT2D eigenvalue weighted by Gasteiger charge is -2.08. The maximum atomic E-state index is 12.4. The second-order valence-corrected chi connectivity index (χ2v) is 6.47. The molecule has 0 fully saturated rings. The summed E-state index contributed by atoms with van der Waals surface area (Å²) in [5.74, 6) is -1.15. The van der Waals surface area contributed by atoms with Crippen LogP contribution in [0.15, 0.2) is 78.9 Å². The zero-order chi connectivity index (χ0) is 20.6. The summed E-state index contributed by atoms with van der Waals surface area (Å²) in [6.07, 6.45) is 0. The minimum atomic E-state index is -0.602. The summed E-state index contributed by atoms with van der Waals surface area (Å²) >= 11 is 0. The van der Waals surface area contributed by atoms with Gasteiger partial charge in [0.1, 0.15) is 0 Å². The fourth-order valence-corrected chi connectivity index (χ4v) is 2.77. The molecule has 0 spiro atoms. The highest BCUT2D eigenvalue weighted by Crippen LogP contribution is 2.19. The first-order valence-electron chi connectivity index (χ1n) is 9.12. The highest BCUT2D eigenvalue weighted by atomic mass is 16.2. The number of nitrogens with two attached hydrogens (primary N) is 1. The van der Waals surface area contributed by atoms with Gasteiger partial charge >= 0.3 is 0 Å². The molecule has 6 nitrogen and oxygen atoms in total. The third kappa shape index (κ3) is 5.52. The summed E-state index contributed by atoms with van der Waals surface area (Å²) in [5, 5.41) is 5.29. The third-order valence-corrected chi connectivity index (χ3v) is 4.35. The normalized spacial score (nSPS) is 10.2. The molecule has 4 N–H and O–H groups in total. The first-order chi connectivity index (χ1) is 14.0. The van der Waals surface area contributed by atoms with Crippen LogP contribution in [0.4, 0.5) is 0 Å². The van der Waals surface area contributed by atoms with Crippen LogP contribution in [-0.2, 0) is 11.3 Å². The van der Waals surface area contributed by atoms with Crippen molar-refractivity contribution in [1.82, 2.24) is 10.6 Å². The molecular weight excluding hydrogens is 366 g/mol. The van der Waals surface area contributed by atoms with E-state index in [1.165, 1.54) is 0 Å². The van der Waals surface area contributed by atoms with Crippen molar-refractivity contribution in [3.8, 4) is 11.1 Å². The molecule has 0 heterocycles. The standard InChI is InChI=1S/C23H21N3O3/c24-21(27)15-26-23(29)19-8-6-16(7-9-19)14-25-22(28)20-12-10-18(11-13-20)17-4-2-1-3-5-17/h1-13H,14-15H2,(H2,24,27)(H,25,28)(H,26,29). The Hall–Kier alpha value is -3.93. The van der Waals surface area contributed by atoms with Gasteiger partial charge in [-0.1, -0.05) is 54.6 Å². The molecule has 0 saturated heterocycles. The zero-order valence-corrected chi connectivity index (χ0v) is 15.7. The Balaban J connectivity index is 1.55. The largest absolute Gasteiger partial charge is 0.368 e. The van der Waals surface area contributed by atoms with Gasteiger partial charge in [-0.25, -0.2) is 0 Å². The Morgan fingerprint density at radius 1 is 0.655 bits per heavy atom. The Kier molecular flexibility index (Phi) is 6.37. The van der Waals surface area contributed by atoms with Crippen molar-refractivity contribution in [3.05, 3.63) is 95.6 Å². The number of amides is 3. The van der Waals surface area contributed by atoms with Crippen molar-refractivity contribution < 1.29 is 14.4 Å². The molecule has 6 heteroatoms. The van der Waals surface area contributed by atoms with Crippen LogP contribution in [0.25, 0.3) is 11.1 Å². The molecule has 0 radical (unpaired) electrons. The molecule has 29 heavy (non-hydrogen) atoms. The van der Waals surface area contributed by atoms with Gasteiger partial charge in [0.2, 0.25) is 5.91 Å². The molecule has 0 aliphatic carbocycles. The van der Waals surface area contributed by atoms with Crippen LogP contribution in [0.3, 0.4) is 0 Å². The molecule has 0 aliphatic heterocycles. The average Bonchev–Trinajstić information content (AvgIpc) is 2.77. The molecule has 3 amide bonds. The summed E-state index contributed by atoms with van der Waals surface area (Å²) in [4.78, 5) is 34.9. The second kappa shape index (κ2) is 9.32. The van der Waals surface area contributed by atoms with Gasteiger partial charge in [0, 0.05) is 17.7 Å². The van der Waals surface area contributed by atoms with Crippen molar-refractivity contribution in [1.29, 1.82) is 0 Å². The Bertz CT molecular complexity index is 998. The lowest BCUT2D eigenvalue weighted by atomic mass is 10.0. The Morgan fingerprint density at radius 3 is 1.76 bits per heavy atom. The monoisotopic (exact) mass is 387 g/mol. The van der Waals surface area contributed by atoms with Crippen molar-refractivity contribution in [2.45, 2.75) is 6.54 Å². The first-order valence-corrected chi connectivity index (χ1v) is 9.12. The fraction of sp³-hybridized carbons (Fsp3) is 0.0870. The van der Waals surface area contributed by atoms with Crippen LogP contribution in [0.1, 0.15) is 26.3 Å². The van der Waals surface area contributed by atoms with Crippen LogP contribution < -0.4 is 16.4 Å². The number of hydrogen-bond acceptors (Lipinski definition) is 3. The number of nitrogens with one attached hydrogen (secondary N) is 2. The summed E-state index contributed by atoms with van der Waals surface area (Å²) in [6.45, 7) is 0.127. The van der Waals surface area contributed by atoms with E-state index in [0.29, 0.717) is 17.7 Å². The van der Waals surface area contributed by atoms with Gasteiger partial charge in [0.15, 0.2) is 0 Å². The molecule has 146 valence electrons. The summed E-state index contributed by atoms with van der Waals surface area (Å²) in [6, 6.07) is 24.1. The number of primary amides is 1. The summed E-state index contributed by atoms with van der Waals surface area (Å²) in [7, 11) is 0. The number of rotatable bonds is 7. The highest BCUT2D eigenvalue weighted by Gasteiger charge is 2.08. The van der Waals surface area contributed by atoms with Crippen LogP contribution in [0.5, 0.6) is 0 Å². The predicted molar refractivity (Wildman–Crippen MR) is 111 cm³/mol. The van der Waals surface area contributed by atoms with Crippen molar-refractivity contribution >= 4 is 17.7 Å². The zero-order valence-electron chi connectivity index (χ0n) is 15.7. The molecule has 3 aromatic carbocycles. The second-order valence-electron chi connectivity index (χ2n) is 6.47. The summed E-state index contributed by atoms with van der Waals surface area (Å²) < 4.78 is 0. The minimum absolute atomic E-state index is 0.173. The molecule has 3 aromatic rings. The maximum absolute atomic E-state index is 12.4. The topological polar surface area (TPSA) is 101 Å². The van der Waals surface area contributed by atoms with Gasteiger partial charge in [-0.3, -0.25) is 14.4 Å². The smallest absolute Gasteiger partial charge is 0.251 e. The van der Waals surface area contributed by atoms with Crippen molar-refractivity contribution in [2.75, 3.05) is 6.54 Å². The molecule has 0 bridgehead atoms. The molecule has 0 saturated carbocycles. The molecular formula is C23H21N3O3. The van der Waals surface area contributed by atoms with Crippen LogP contribution >= 0.6 is 0 Å². The van der Waals surface area contributed by atoms with E-state index in [-0.39, 0.29) is 18.4 Å². The van der Waals surface area contributed by atoms with Gasteiger partial charge in [0.25, 0.3) is 11.8 Å². The van der Waals surface area contributed by atoms with Crippen molar-refractivity contribution in [3.63, 3.8) is 0 Å². The Labute approximate surface area is 168 Å². The minimum Gasteiger partial charge on any atom is -0.368 e. The van der Waals surface area contributed by atoms with Gasteiger partial charge in [-0.2, -0.15) is 0 Å². The van der Waals surface area contributed by atoms with E-state index in [1.807, 2.05) is 42.5 Å². The number of carbonyl (C=O) groups is 3. The lowest BCUT2D eigenvalue weighted by molar-refractivity contribution is -0.117. The SMILES string of the molecule is NC(=O)CNC(=O)c1ccc(CNC(=O)c2ccc(-c3ccccc3)cc2)cc1. The number of benzene rings is 3. The number of carbonyl (C=O) groups excluding carboxylic acids is 3. The van der Waals surface area contributed by atoms with Crippen molar-refractivity contribution in [2.24, 2.45) is 5.73 Å². The summed E-state index contributed by atoms with van der Waals surface area (Å²) in [5.41, 5.74) is 8.99. The average molecular weight is 387 g/mol. The van der Waals surface area contributed by atoms with Crippen LogP contribution in [-0.4, -0.2) is 24.3 Å². The predicted octanol–water partition coefficient (Wildman–Crippen LogP) is 2.50. The van der Waals surface area contributed by atoms with Crippen LogP contribution in [0.2, 0.25) is 0 Å². The van der Waals surface area contributed by atoms with E-state index >= 15 is 0 Å². The fourth-order valence-electron chi connectivity index (χ4n) is 2.77. The van der Waals surface area contributed by atoms with Crippen LogP contribution in [0, 0.1) is 0 Å². The van der Waals surface area contributed by atoms with E-state index in [2.05, 4.69) is 10.6 Å². The first kappa shape index (κ1) is 19.8. The highest BCUT2D eigenvalue weighted by molar-refractivity contribution is 5.96. The van der Waals surface area contributed by atoms with E-state index in [1.54, 1.807) is 36.4 Å². The lowest BCUT2D eigenvalue weighted by Crippen LogP contribution is -2.33. The van der Waals surface area contributed by atoms with Gasteiger partial charge in [-0.05, 0) is 41.0 Å². The molecule has 3 rings (SSSR count). The van der Waals surface area contributed by atoms with Gasteiger partial charge in [-0.15, -0.1) is 0 Å². The molecule has 0 atom stereocenters. The molecule has 0 aliphatic rings. The molecule has 0 aromatic heterocycles. The van der Waals surface area contributed by atoms with E-state index in [9.17, 15) is 14.4 Å². The maximum Gasteiger partial charge on any atom is 0.251 e. The van der Waals surface area contributed by atoms with Gasteiger partial charge in [0.05, 0.1) is 6.54 Å². The van der Waals surface area contributed by atoms with E-state index in [4.69, 9.17) is 5.73 Å². The quantitative estimate of drug-likeness (QED) is 0.580. The third-order valence-electron chi connectivity index (χ3n) is 4.35. The Morgan fingerprint density at radius 2 is 1.17 bits per heavy atom.